The maximum Gasteiger partial charge on any atom is 0.274 e. The van der Waals surface area contributed by atoms with Crippen molar-refractivity contribution < 1.29 is 28.5 Å². The van der Waals surface area contributed by atoms with Gasteiger partial charge in [-0.15, -0.1) is 0 Å². The van der Waals surface area contributed by atoms with Crippen LogP contribution in [0.1, 0.15) is 48.7 Å². The van der Waals surface area contributed by atoms with Gasteiger partial charge in [0, 0.05) is 37.9 Å². The minimum absolute atomic E-state index is 0.0506. The molecule has 2 aromatic heterocycles. The van der Waals surface area contributed by atoms with Gasteiger partial charge in [0.15, 0.2) is 11.4 Å². The highest BCUT2D eigenvalue weighted by Gasteiger charge is 2.54. The molecule has 4 heterocycles. The monoisotopic (exact) mass is 601 g/mol. The van der Waals surface area contributed by atoms with Crippen LogP contribution in [0.3, 0.4) is 0 Å². The molecular formula is C33H36FN5O5. The fourth-order valence-corrected chi connectivity index (χ4v) is 6.53. The predicted octanol–water partition coefficient (Wildman–Crippen LogP) is 4.12. The summed E-state index contributed by atoms with van der Waals surface area (Å²) >= 11 is 0. The molecule has 0 bridgehead atoms. The zero-order chi connectivity index (χ0) is 30.7. The van der Waals surface area contributed by atoms with E-state index in [1.165, 1.54) is 12.1 Å². The number of ether oxygens (including phenoxy) is 3. The Morgan fingerprint density at radius 1 is 1.30 bits per heavy atom. The van der Waals surface area contributed by atoms with Crippen molar-refractivity contribution in [2.45, 2.75) is 44.8 Å². The van der Waals surface area contributed by atoms with Gasteiger partial charge in [-0.05, 0) is 81.0 Å². The lowest BCUT2D eigenvalue weighted by Crippen LogP contribution is -2.65. The molecule has 44 heavy (non-hydrogen) atoms. The molecular weight excluding hydrogens is 565 g/mol. The number of hydrogen-bond acceptors (Lipinski definition) is 9. The number of benzene rings is 1. The number of aromatic nitrogens is 2. The van der Waals surface area contributed by atoms with E-state index in [-0.39, 0.29) is 29.7 Å². The number of carbonyl (C=O) groups is 1. The Kier molecular flexibility index (Phi) is 8.64. The van der Waals surface area contributed by atoms with Crippen LogP contribution < -0.4 is 19.7 Å². The van der Waals surface area contributed by atoms with E-state index in [0.717, 1.165) is 38.0 Å². The quantitative estimate of drug-likeness (QED) is 0.333. The maximum atomic E-state index is 13.7. The molecule has 2 N–H and O–H groups in total. The molecule has 1 aromatic carbocycles. The second kappa shape index (κ2) is 12.8. The second-order valence-electron chi connectivity index (χ2n) is 11.9. The highest BCUT2D eigenvalue weighted by molar-refractivity contribution is 5.96. The van der Waals surface area contributed by atoms with Crippen LogP contribution in [0.2, 0.25) is 0 Å². The van der Waals surface area contributed by atoms with Crippen LogP contribution in [0.5, 0.6) is 11.6 Å². The number of rotatable bonds is 11. The van der Waals surface area contributed by atoms with Gasteiger partial charge in [0.1, 0.15) is 18.0 Å². The van der Waals surface area contributed by atoms with Gasteiger partial charge in [0.2, 0.25) is 5.88 Å². The number of carbonyl (C=O) groups excluding carboxylic acids is 1. The Hall–Kier alpha value is -4.27. The van der Waals surface area contributed by atoms with Gasteiger partial charge in [0.05, 0.1) is 41.8 Å². The second-order valence-corrected chi connectivity index (χ2v) is 11.9. The Balaban J connectivity index is 1.18. The average Bonchev–Trinajstić information content (AvgIpc) is 3.51. The van der Waals surface area contributed by atoms with E-state index in [9.17, 15) is 19.6 Å². The molecule has 2 unspecified atom stereocenters. The van der Waals surface area contributed by atoms with Crippen LogP contribution in [-0.4, -0.2) is 72.6 Å². The van der Waals surface area contributed by atoms with Crippen LogP contribution >= 0.6 is 0 Å². The van der Waals surface area contributed by atoms with Gasteiger partial charge in [0.25, 0.3) is 5.91 Å². The predicted molar refractivity (Wildman–Crippen MR) is 160 cm³/mol. The van der Waals surface area contributed by atoms with Crippen LogP contribution in [0, 0.1) is 28.5 Å². The standard InChI is InChI=1S/C33H36FN5O5/c1-2-43-32-26(4-3-10-36-32)27-6-8-29(30(38-27)31(41)37-24(17-40)12-21-9-11-42-18-21)44-25-14-33(15-25)19-39(20-33)28-7-5-23(34)13-22(28)16-35/h3-8,10,13,21,24-25,40H,2,9,11-12,14-15,17-20H2,1H3,(H,37,41). The summed E-state index contributed by atoms with van der Waals surface area (Å²) < 4.78 is 31.2. The van der Waals surface area contributed by atoms with Crippen molar-refractivity contribution in [3.63, 3.8) is 0 Å². The van der Waals surface area contributed by atoms with Crippen molar-refractivity contribution in [1.29, 1.82) is 5.26 Å². The van der Waals surface area contributed by atoms with Crippen molar-refractivity contribution in [2.75, 3.05) is 44.4 Å². The molecule has 3 aliphatic rings. The molecule has 10 nitrogen and oxygen atoms in total. The minimum atomic E-state index is -0.442. The van der Waals surface area contributed by atoms with Gasteiger partial charge in [-0.1, -0.05) is 0 Å². The third-order valence-electron chi connectivity index (χ3n) is 8.69. The zero-order valence-electron chi connectivity index (χ0n) is 24.7. The van der Waals surface area contributed by atoms with Crippen molar-refractivity contribution in [3.05, 3.63) is 65.7 Å². The number of aliphatic hydroxyl groups is 1. The van der Waals surface area contributed by atoms with E-state index in [1.54, 1.807) is 30.5 Å². The van der Waals surface area contributed by atoms with Crippen molar-refractivity contribution in [1.82, 2.24) is 15.3 Å². The molecule has 1 spiro atoms. The molecule has 2 aliphatic heterocycles. The van der Waals surface area contributed by atoms with Crippen molar-refractivity contribution in [2.24, 2.45) is 11.3 Å². The summed E-state index contributed by atoms with van der Waals surface area (Å²) in [5, 5.41) is 22.4. The Morgan fingerprint density at radius 3 is 2.86 bits per heavy atom. The van der Waals surface area contributed by atoms with E-state index < -0.39 is 17.8 Å². The van der Waals surface area contributed by atoms with Crippen LogP contribution in [0.15, 0.2) is 48.7 Å². The first-order chi connectivity index (χ1) is 21.4. The van der Waals surface area contributed by atoms with Gasteiger partial charge in [-0.2, -0.15) is 5.26 Å². The van der Waals surface area contributed by atoms with Gasteiger partial charge in [-0.3, -0.25) is 4.79 Å². The molecule has 6 rings (SSSR count). The van der Waals surface area contributed by atoms with Crippen molar-refractivity contribution >= 4 is 11.6 Å². The first-order valence-corrected chi connectivity index (χ1v) is 15.1. The summed E-state index contributed by atoms with van der Waals surface area (Å²) in [6, 6.07) is 13.1. The lowest BCUT2D eigenvalue weighted by molar-refractivity contribution is -0.0344. The lowest BCUT2D eigenvalue weighted by atomic mass is 9.61. The summed E-state index contributed by atoms with van der Waals surface area (Å²) in [6.45, 7) is 4.93. The molecule has 1 saturated carbocycles. The number of hydrogen-bond donors (Lipinski definition) is 2. The van der Waals surface area contributed by atoms with Crippen LogP contribution in [-0.2, 0) is 4.74 Å². The molecule has 2 saturated heterocycles. The number of nitrogens with zero attached hydrogens (tertiary/aromatic N) is 4. The summed E-state index contributed by atoms with van der Waals surface area (Å²) in [6.07, 6.45) is 4.61. The molecule has 3 fully saturated rings. The molecule has 2 atom stereocenters. The molecule has 1 amide bonds. The van der Waals surface area contributed by atoms with E-state index in [0.29, 0.717) is 54.7 Å². The normalized spacial score (nSPS) is 19.5. The lowest BCUT2D eigenvalue weighted by Gasteiger charge is -2.59. The number of pyridine rings is 2. The molecule has 230 valence electrons. The highest BCUT2D eigenvalue weighted by atomic mass is 19.1. The molecule has 0 radical (unpaired) electrons. The smallest absolute Gasteiger partial charge is 0.274 e. The van der Waals surface area contributed by atoms with E-state index in [4.69, 9.17) is 19.2 Å². The summed E-state index contributed by atoms with van der Waals surface area (Å²) in [7, 11) is 0. The topological polar surface area (TPSA) is 130 Å². The summed E-state index contributed by atoms with van der Waals surface area (Å²) in [4.78, 5) is 24.8. The largest absolute Gasteiger partial charge is 0.488 e. The first kappa shape index (κ1) is 29.8. The Bertz CT molecular complexity index is 1540. The highest BCUT2D eigenvalue weighted by Crippen LogP contribution is 2.51. The minimum Gasteiger partial charge on any atom is -0.488 e. The van der Waals surface area contributed by atoms with E-state index in [2.05, 4.69) is 21.3 Å². The number of amides is 1. The van der Waals surface area contributed by atoms with Crippen molar-refractivity contribution in [3.8, 4) is 29.0 Å². The fraction of sp³-hybridized carbons (Fsp3) is 0.455. The third-order valence-corrected chi connectivity index (χ3v) is 8.69. The number of nitriles is 1. The first-order valence-electron chi connectivity index (χ1n) is 15.1. The SMILES string of the molecule is CCOc1ncccc1-c1ccc(OC2CC3(C2)CN(c2ccc(F)cc2C#N)C3)c(C(=O)NC(CO)CC2CCOC2)n1. The maximum absolute atomic E-state index is 13.7. The number of anilines is 1. The number of halogens is 1. The molecule has 3 aromatic rings. The molecule has 1 aliphatic carbocycles. The zero-order valence-corrected chi connectivity index (χ0v) is 24.7. The Morgan fingerprint density at radius 2 is 2.14 bits per heavy atom. The average molecular weight is 602 g/mol. The fourth-order valence-electron chi connectivity index (χ4n) is 6.53. The van der Waals surface area contributed by atoms with Crippen LogP contribution in [0.25, 0.3) is 11.3 Å². The van der Waals surface area contributed by atoms with Gasteiger partial charge in [-0.25, -0.2) is 14.4 Å². The summed E-state index contributed by atoms with van der Waals surface area (Å²) in [5.74, 6) is 0.223. The number of aliphatic hydroxyl groups excluding tert-OH is 1. The van der Waals surface area contributed by atoms with Crippen LogP contribution in [0.4, 0.5) is 10.1 Å². The van der Waals surface area contributed by atoms with E-state index >= 15 is 0 Å². The molecule has 11 heteroatoms. The third kappa shape index (κ3) is 6.18. The summed E-state index contributed by atoms with van der Waals surface area (Å²) in [5.41, 5.74) is 2.44. The van der Waals surface area contributed by atoms with E-state index in [1.807, 2.05) is 13.0 Å². The van der Waals surface area contributed by atoms with Gasteiger partial charge >= 0.3 is 0 Å². The number of nitrogens with one attached hydrogen (secondary N) is 1. The Labute approximate surface area is 255 Å². The van der Waals surface area contributed by atoms with Gasteiger partial charge < -0.3 is 29.5 Å².